The summed E-state index contributed by atoms with van der Waals surface area (Å²) < 4.78 is 12.0. The van der Waals surface area contributed by atoms with E-state index < -0.39 is 11.9 Å². The molecule has 0 saturated carbocycles. The maximum absolute atomic E-state index is 9.55. The Kier molecular flexibility index (Phi) is 7.60. The number of benzene rings is 3. The van der Waals surface area contributed by atoms with Crippen LogP contribution < -0.4 is 4.74 Å². The lowest BCUT2D eigenvalue weighted by Gasteiger charge is -2.26. The summed E-state index contributed by atoms with van der Waals surface area (Å²) in [5.41, 5.74) is 3.68. The molecule has 0 saturated heterocycles. The molecule has 0 unspecified atom stereocenters. The molecule has 2 heterocycles. The van der Waals surface area contributed by atoms with Crippen molar-refractivity contribution in [3.05, 3.63) is 108 Å². The molecule has 4 aromatic rings. The van der Waals surface area contributed by atoms with Gasteiger partial charge >= 0.3 is 11.9 Å². The Morgan fingerprint density at radius 2 is 1.49 bits per heavy atom. The van der Waals surface area contributed by atoms with Crippen LogP contribution in [0, 0.1) is 0 Å². The number of para-hydroxylation sites is 2. The number of rotatable bonds is 6. The summed E-state index contributed by atoms with van der Waals surface area (Å²) in [4.78, 5) is 21.5. The highest BCUT2D eigenvalue weighted by atomic mass is 16.5. The van der Waals surface area contributed by atoms with E-state index in [1.165, 1.54) is 16.5 Å². The fourth-order valence-electron chi connectivity index (χ4n) is 3.93. The fourth-order valence-corrected chi connectivity index (χ4v) is 3.93. The third-order valence-corrected chi connectivity index (χ3v) is 5.50. The van der Waals surface area contributed by atoms with E-state index in [2.05, 4.69) is 35.2 Å². The van der Waals surface area contributed by atoms with Crippen LogP contribution in [0.4, 0.5) is 0 Å². The summed E-state index contributed by atoms with van der Waals surface area (Å²) in [6.45, 7) is 2.84. The molecule has 7 nitrogen and oxygen atoms in total. The third kappa shape index (κ3) is 6.59. The molecule has 0 atom stereocenters. The minimum Gasteiger partial charge on any atom is -0.478 e. The lowest BCUT2D eigenvalue weighted by atomic mass is 10.0. The van der Waals surface area contributed by atoms with Crippen LogP contribution in [0.25, 0.3) is 11.0 Å². The average Bonchev–Trinajstić information content (AvgIpc) is 3.23. The molecule has 0 spiro atoms. The smallest absolute Gasteiger partial charge is 0.328 e. The first kappa shape index (κ1) is 23.8. The van der Waals surface area contributed by atoms with Gasteiger partial charge in [-0.1, -0.05) is 48.5 Å². The Bertz CT molecular complexity index is 1310. The second-order valence-corrected chi connectivity index (χ2v) is 8.03. The number of nitrogens with zero attached hydrogens (tertiary/aromatic N) is 1. The Morgan fingerprint density at radius 3 is 2.17 bits per heavy atom. The van der Waals surface area contributed by atoms with Gasteiger partial charge in [-0.2, -0.15) is 0 Å². The molecule has 2 N–H and O–H groups in total. The first-order valence-corrected chi connectivity index (χ1v) is 11.2. The number of aliphatic carboxylic acids is 2. The zero-order valence-electron chi connectivity index (χ0n) is 19.0. The number of ether oxygens (including phenoxy) is 1. The van der Waals surface area contributed by atoms with Crippen LogP contribution in [0.5, 0.6) is 11.5 Å². The standard InChI is InChI=1S/C24H21NO2.C4H4O4/c1-2-6-19(7-3-1)26-20-12-10-18(11-13-20)16-25-15-14-22-21-8-4-5-9-23(21)27-24(22)17-25;5-3(6)1-2-4(7)8/h1-13H,14-17H2;1-2H,(H,5,6)(H,7,8)/b;2-1+. The van der Waals surface area contributed by atoms with Gasteiger partial charge in [0.05, 0.1) is 6.54 Å². The molecule has 0 aliphatic carbocycles. The van der Waals surface area contributed by atoms with Crippen molar-refractivity contribution in [2.75, 3.05) is 6.54 Å². The molecule has 5 rings (SSSR count). The van der Waals surface area contributed by atoms with Crippen molar-refractivity contribution < 1.29 is 29.0 Å². The van der Waals surface area contributed by atoms with Gasteiger partial charge in [0, 0.05) is 36.2 Å². The zero-order valence-corrected chi connectivity index (χ0v) is 19.0. The molecule has 0 amide bonds. The van der Waals surface area contributed by atoms with E-state index in [-0.39, 0.29) is 0 Å². The normalized spacial score (nSPS) is 13.1. The molecular weight excluding hydrogens is 446 g/mol. The van der Waals surface area contributed by atoms with Gasteiger partial charge in [0.1, 0.15) is 22.8 Å². The van der Waals surface area contributed by atoms with Gasteiger partial charge in [0.15, 0.2) is 0 Å². The van der Waals surface area contributed by atoms with E-state index in [1.807, 2.05) is 48.5 Å². The second kappa shape index (κ2) is 11.2. The maximum Gasteiger partial charge on any atom is 0.328 e. The first-order valence-electron chi connectivity index (χ1n) is 11.2. The van der Waals surface area contributed by atoms with Crippen LogP contribution in [0.15, 0.2) is 95.4 Å². The lowest BCUT2D eigenvalue weighted by molar-refractivity contribution is -0.134. The number of hydrogen-bond donors (Lipinski definition) is 2. The Morgan fingerprint density at radius 1 is 0.857 bits per heavy atom. The van der Waals surface area contributed by atoms with E-state index in [0.29, 0.717) is 12.2 Å². The Labute approximate surface area is 202 Å². The fraction of sp³-hybridized carbons (Fsp3) is 0.143. The van der Waals surface area contributed by atoms with Gasteiger partial charge in [0.25, 0.3) is 0 Å². The minimum absolute atomic E-state index is 0.558. The molecule has 3 aromatic carbocycles. The van der Waals surface area contributed by atoms with Crippen LogP contribution in [0.3, 0.4) is 0 Å². The van der Waals surface area contributed by atoms with E-state index >= 15 is 0 Å². The minimum atomic E-state index is -1.26. The van der Waals surface area contributed by atoms with E-state index in [1.54, 1.807) is 0 Å². The van der Waals surface area contributed by atoms with Crippen molar-refractivity contribution in [1.82, 2.24) is 4.90 Å². The Hall–Kier alpha value is -4.36. The number of carboxylic acids is 2. The topological polar surface area (TPSA) is 100 Å². The predicted octanol–water partition coefficient (Wildman–Crippen LogP) is 5.50. The number of carboxylic acid groups (broad SMARTS) is 2. The highest BCUT2D eigenvalue weighted by molar-refractivity contribution is 5.89. The molecule has 1 aromatic heterocycles. The molecule has 0 bridgehead atoms. The molecule has 35 heavy (non-hydrogen) atoms. The molecule has 7 heteroatoms. The molecule has 1 aliphatic rings. The van der Waals surface area contributed by atoms with Crippen molar-refractivity contribution in [2.24, 2.45) is 0 Å². The van der Waals surface area contributed by atoms with Crippen LogP contribution in [-0.2, 0) is 29.1 Å². The molecule has 178 valence electrons. The number of fused-ring (bicyclic) bond motifs is 3. The highest BCUT2D eigenvalue weighted by Gasteiger charge is 2.22. The SMILES string of the molecule is O=C(O)/C=C/C(=O)O.c1ccc(Oc2ccc(CN3CCc4c(oc5ccccc45)C3)cc2)cc1. The van der Waals surface area contributed by atoms with Gasteiger partial charge in [-0.3, -0.25) is 4.90 Å². The highest BCUT2D eigenvalue weighted by Crippen LogP contribution is 2.31. The van der Waals surface area contributed by atoms with Gasteiger partial charge in [-0.15, -0.1) is 0 Å². The van der Waals surface area contributed by atoms with Gasteiger partial charge in [-0.25, -0.2) is 9.59 Å². The van der Waals surface area contributed by atoms with Crippen LogP contribution >= 0.6 is 0 Å². The number of hydrogen-bond acceptors (Lipinski definition) is 5. The van der Waals surface area contributed by atoms with Gasteiger partial charge < -0.3 is 19.4 Å². The largest absolute Gasteiger partial charge is 0.478 e. The van der Waals surface area contributed by atoms with Crippen molar-refractivity contribution in [2.45, 2.75) is 19.5 Å². The van der Waals surface area contributed by atoms with Crippen LogP contribution in [0.2, 0.25) is 0 Å². The number of furan rings is 1. The van der Waals surface area contributed by atoms with Crippen molar-refractivity contribution in [3.63, 3.8) is 0 Å². The van der Waals surface area contributed by atoms with Crippen LogP contribution in [0.1, 0.15) is 16.9 Å². The summed E-state index contributed by atoms with van der Waals surface area (Å²) in [5.74, 6) is 0.327. The second-order valence-electron chi connectivity index (χ2n) is 8.03. The van der Waals surface area contributed by atoms with E-state index in [0.717, 1.165) is 48.9 Å². The summed E-state index contributed by atoms with van der Waals surface area (Å²) in [6, 6.07) is 26.6. The first-order chi connectivity index (χ1) is 17.0. The quantitative estimate of drug-likeness (QED) is 0.358. The molecular formula is C28H25NO6. The van der Waals surface area contributed by atoms with Crippen molar-refractivity contribution in [3.8, 4) is 11.5 Å². The molecule has 1 aliphatic heterocycles. The van der Waals surface area contributed by atoms with E-state index in [4.69, 9.17) is 19.4 Å². The van der Waals surface area contributed by atoms with Crippen molar-refractivity contribution >= 4 is 22.9 Å². The summed E-state index contributed by atoms with van der Waals surface area (Å²) in [7, 11) is 0. The number of carbonyl (C=O) groups is 2. The summed E-state index contributed by atoms with van der Waals surface area (Å²) in [5, 5.41) is 16.9. The monoisotopic (exact) mass is 471 g/mol. The third-order valence-electron chi connectivity index (χ3n) is 5.50. The Balaban J connectivity index is 0.000000314. The van der Waals surface area contributed by atoms with Crippen molar-refractivity contribution in [1.29, 1.82) is 0 Å². The zero-order chi connectivity index (χ0) is 24.6. The summed E-state index contributed by atoms with van der Waals surface area (Å²) in [6.07, 6.45) is 2.16. The molecule has 0 radical (unpaired) electrons. The van der Waals surface area contributed by atoms with Gasteiger partial charge in [-0.05, 0) is 42.3 Å². The lowest BCUT2D eigenvalue weighted by Crippen LogP contribution is -2.29. The van der Waals surface area contributed by atoms with Gasteiger partial charge in [0.2, 0.25) is 0 Å². The molecule has 0 fully saturated rings. The maximum atomic E-state index is 9.55. The van der Waals surface area contributed by atoms with Crippen LogP contribution in [-0.4, -0.2) is 33.6 Å². The predicted molar refractivity (Wildman–Crippen MR) is 131 cm³/mol. The average molecular weight is 472 g/mol. The van der Waals surface area contributed by atoms with E-state index in [9.17, 15) is 9.59 Å². The summed E-state index contributed by atoms with van der Waals surface area (Å²) >= 11 is 0.